The van der Waals surface area contributed by atoms with Crippen LogP contribution in [0, 0.1) is 6.92 Å². The lowest BCUT2D eigenvalue weighted by molar-refractivity contribution is 0.0907. The fourth-order valence-corrected chi connectivity index (χ4v) is 3.23. The number of nitrogens with zero attached hydrogens (tertiary/aromatic N) is 1. The number of nitrogens with one attached hydrogen (secondary N) is 1. The maximum Gasteiger partial charge on any atom is 0.253 e. The van der Waals surface area contributed by atoms with Crippen molar-refractivity contribution in [3.63, 3.8) is 0 Å². The summed E-state index contributed by atoms with van der Waals surface area (Å²) < 4.78 is 5.12. The topological polar surface area (TPSA) is 62.6 Å². The first kappa shape index (κ1) is 17.3. The summed E-state index contributed by atoms with van der Waals surface area (Å²) in [5, 5.41) is 2.95. The molecule has 0 bridgehead atoms. The Bertz CT molecular complexity index is 746. The molecule has 1 N–H and O–H groups in total. The van der Waals surface area contributed by atoms with Crippen LogP contribution in [0.3, 0.4) is 0 Å². The molecule has 132 valence electrons. The molecule has 1 amide bonds. The highest BCUT2D eigenvalue weighted by molar-refractivity contribution is 6.01. The Morgan fingerprint density at radius 1 is 1.24 bits per heavy atom. The average Bonchev–Trinajstić information content (AvgIpc) is 3.28. The fourth-order valence-electron chi connectivity index (χ4n) is 3.23. The van der Waals surface area contributed by atoms with Crippen LogP contribution in [0.2, 0.25) is 0 Å². The highest BCUT2D eigenvalue weighted by Gasteiger charge is 2.22. The minimum atomic E-state index is -0.267. The Morgan fingerprint density at radius 2 is 2.00 bits per heavy atom. The third kappa shape index (κ3) is 4.10. The van der Waals surface area contributed by atoms with Crippen LogP contribution in [0.1, 0.15) is 52.7 Å². The van der Waals surface area contributed by atoms with Crippen molar-refractivity contribution in [3.8, 4) is 0 Å². The second-order valence-corrected chi connectivity index (χ2v) is 6.69. The largest absolute Gasteiger partial charge is 0.461 e. The van der Waals surface area contributed by atoms with Crippen LogP contribution in [-0.2, 0) is 0 Å². The summed E-state index contributed by atoms with van der Waals surface area (Å²) in [7, 11) is 0. The van der Waals surface area contributed by atoms with Gasteiger partial charge in [0.1, 0.15) is 0 Å². The molecule has 1 atom stereocenters. The van der Waals surface area contributed by atoms with Gasteiger partial charge in [0, 0.05) is 31.2 Å². The fraction of sp³-hybridized carbons (Fsp3) is 0.400. The van der Waals surface area contributed by atoms with Gasteiger partial charge in [0.05, 0.1) is 11.8 Å². The highest BCUT2D eigenvalue weighted by atomic mass is 16.3. The van der Waals surface area contributed by atoms with Crippen molar-refractivity contribution in [3.05, 3.63) is 53.5 Å². The van der Waals surface area contributed by atoms with Gasteiger partial charge in [-0.1, -0.05) is 11.6 Å². The highest BCUT2D eigenvalue weighted by Crippen LogP contribution is 2.26. The van der Waals surface area contributed by atoms with Gasteiger partial charge in [-0.05, 0) is 51.0 Å². The zero-order valence-electron chi connectivity index (χ0n) is 14.7. The predicted molar refractivity (Wildman–Crippen MR) is 97.2 cm³/mol. The molecule has 0 spiro atoms. The lowest BCUT2D eigenvalue weighted by Crippen LogP contribution is -2.35. The van der Waals surface area contributed by atoms with E-state index in [0.717, 1.165) is 37.2 Å². The van der Waals surface area contributed by atoms with Gasteiger partial charge in [-0.15, -0.1) is 0 Å². The number of carbonyl (C=O) groups is 2. The Labute approximate surface area is 148 Å². The van der Waals surface area contributed by atoms with E-state index in [2.05, 4.69) is 10.2 Å². The van der Waals surface area contributed by atoms with Crippen molar-refractivity contribution in [1.29, 1.82) is 0 Å². The van der Waals surface area contributed by atoms with Gasteiger partial charge in [-0.3, -0.25) is 9.59 Å². The van der Waals surface area contributed by atoms with Crippen LogP contribution in [0.5, 0.6) is 0 Å². The molecule has 2 heterocycles. The van der Waals surface area contributed by atoms with Gasteiger partial charge in [0.25, 0.3) is 5.91 Å². The summed E-state index contributed by atoms with van der Waals surface area (Å²) in [6.07, 6.45) is 4.00. The van der Waals surface area contributed by atoms with E-state index < -0.39 is 0 Å². The van der Waals surface area contributed by atoms with Gasteiger partial charge in [0.2, 0.25) is 0 Å². The van der Waals surface area contributed by atoms with E-state index in [1.807, 2.05) is 32.0 Å². The standard InChI is InChI=1S/C20H24N2O3/c1-14-7-8-17(22-9-3-4-10-22)16(12-14)20(24)21-15(2)13-18(23)19-6-5-11-25-19/h5-8,11-12,15H,3-4,9-10,13H2,1-2H3,(H,21,24)/t15-/m1/s1. The summed E-state index contributed by atoms with van der Waals surface area (Å²) in [5.74, 6) is 0.0848. The van der Waals surface area contributed by atoms with Gasteiger partial charge in [-0.25, -0.2) is 0 Å². The molecule has 1 aromatic carbocycles. The van der Waals surface area contributed by atoms with Crippen molar-refractivity contribution in [2.75, 3.05) is 18.0 Å². The molecule has 0 unspecified atom stereocenters. The van der Waals surface area contributed by atoms with E-state index in [9.17, 15) is 9.59 Å². The monoisotopic (exact) mass is 340 g/mol. The normalized spacial score (nSPS) is 15.2. The molecule has 2 aromatic rings. The molecule has 1 fully saturated rings. The third-order valence-electron chi connectivity index (χ3n) is 4.51. The van der Waals surface area contributed by atoms with Crippen LogP contribution < -0.4 is 10.2 Å². The zero-order chi connectivity index (χ0) is 17.8. The number of Topliss-reactive ketones (excluding diaryl/α,β-unsaturated/α-hetero) is 1. The van der Waals surface area contributed by atoms with Crippen LogP contribution in [0.15, 0.2) is 41.0 Å². The number of anilines is 1. The van der Waals surface area contributed by atoms with Crippen molar-refractivity contribution in [2.24, 2.45) is 0 Å². The number of furan rings is 1. The Balaban J connectivity index is 1.70. The number of ketones is 1. The predicted octanol–water partition coefficient (Wildman–Crippen LogP) is 3.58. The summed E-state index contributed by atoms with van der Waals surface area (Å²) in [6, 6.07) is 9.04. The zero-order valence-corrected chi connectivity index (χ0v) is 14.7. The summed E-state index contributed by atoms with van der Waals surface area (Å²) >= 11 is 0. The smallest absolute Gasteiger partial charge is 0.253 e. The van der Waals surface area contributed by atoms with Gasteiger partial charge < -0.3 is 14.6 Å². The molecule has 1 saturated heterocycles. The van der Waals surface area contributed by atoms with E-state index in [1.165, 1.54) is 6.26 Å². The average molecular weight is 340 g/mol. The van der Waals surface area contributed by atoms with Crippen molar-refractivity contribution in [2.45, 2.75) is 39.2 Å². The molecule has 25 heavy (non-hydrogen) atoms. The van der Waals surface area contributed by atoms with E-state index in [0.29, 0.717) is 11.3 Å². The minimum absolute atomic E-state index is 0.109. The molecule has 0 saturated carbocycles. The number of rotatable bonds is 6. The quantitative estimate of drug-likeness (QED) is 0.817. The second kappa shape index (κ2) is 7.55. The summed E-state index contributed by atoms with van der Waals surface area (Å²) in [6.45, 7) is 5.78. The molecule has 5 nitrogen and oxygen atoms in total. The number of amides is 1. The molecule has 5 heteroatoms. The molecule has 1 aliphatic rings. The lowest BCUT2D eigenvalue weighted by atomic mass is 10.1. The van der Waals surface area contributed by atoms with Gasteiger partial charge in [0.15, 0.2) is 11.5 Å². The number of benzene rings is 1. The third-order valence-corrected chi connectivity index (χ3v) is 4.51. The Kier molecular flexibility index (Phi) is 5.22. The second-order valence-electron chi connectivity index (χ2n) is 6.69. The van der Waals surface area contributed by atoms with Crippen LogP contribution in [0.25, 0.3) is 0 Å². The summed E-state index contributed by atoms with van der Waals surface area (Å²) in [5.41, 5.74) is 2.71. The number of aryl methyl sites for hydroxylation is 1. The van der Waals surface area contributed by atoms with Gasteiger partial charge >= 0.3 is 0 Å². The summed E-state index contributed by atoms with van der Waals surface area (Å²) in [4.78, 5) is 27.1. The van der Waals surface area contributed by atoms with E-state index in [-0.39, 0.29) is 24.2 Å². The molecule has 1 aliphatic heterocycles. The van der Waals surface area contributed by atoms with E-state index in [4.69, 9.17) is 4.42 Å². The minimum Gasteiger partial charge on any atom is -0.461 e. The lowest BCUT2D eigenvalue weighted by Gasteiger charge is -2.22. The number of hydrogen-bond acceptors (Lipinski definition) is 4. The first-order valence-corrected chi connectivity index (χ1v) is 8.78. The Hall–Kier alpha value is -2.56. The number of carbonyl (C=O) groups excluding carboxylic acids is 2. The first-order valence-electron chi connectivity index (χ1n) is 8.78. The molecule has 1 aromatic heterocycles. The maximum absolute atomic E-state index is 12.8. The van der Waals surface area contributed by atoms with E-state index >= 15 is 0 Å². The van der Waals surface area contributed by atoms with Crippen molar-refractivity contribution >= 4 is 17.4 Å². The first-order chi connectivity index (χ1) is 12.0. The molecular weight excluding hydrogens is 316 g/mol. The van der Waals surface area contributed by atoms with Crippen LogP contribution >= 0.6 is 0 Å². The SMILES string of the molecule is Cc1ccc(N2CCCC2)c(C(=O)N[C@H](C)CC(=O)c2ccco2)c1. The molecule has 3 rings (SSSR count). The molecule has 0 aliphatic carbocycles. The van der Waals surface area contributed by atoms with Crippen molar-refractivity contribution in [1.82, 2.24) is 5.32 Å². The molecule has 0 radical (unpaired) electrons. The Morgan fingerprint density at radius 3 is 2.68 bits per heavy atom. The van der Waals surface area contributed by atoms with Crippen molar-refractivity contribution < 1.29 is 14.0 Å². The molecular formula is C20H24N2O3. The number of hydrogen-bond donors (Lipinski definition) is 1. The maximum atomic E-state index is 12.8. The van der Waals surface area contributed by atoms with Crippen LogP contribution in [0.4, 0.5) is 5.69 Å². The van der Waals surface area contributed by atoms with E-state index in [1.54, 1.807) is 12.1 Å². The van der Waals surface area contributed by atoms with Gasteiger partial charge in [-0.2, -0.15) is 0 Å². The van der Waals surface area contributed by atoms with Crippen LogP contribution in [-0.4, -0.2) is 30.8 Å².